The van der Waals surface area contributed by atoms with Crippen molar-refractivity contribution in [3.8, 4) is 0 Å². The molecule has 1 aliphatic rings. The van der Waals surface area contributed by atoms with Crippen molar-refractivity contribution >= 4 is 27.3 Å². The molecule has 2 unspecified atom stereocenters. The Morgan fingerprint density at radius 3 is 3.20 bits per heavy atom. The molecule has 0 spiro atoms. The Morgan fingerprint density at radius 2 is 2.45 bits per heavy atom. The summed E-state index contributed by atoms with van der Waals surface area (Å²) < 4.78 is 1.18. The van der Waals surface area contributed by atoms with Crippen molar-refractivity contribution in [2.75, 3.05) is 6.54 Å². The van der Waals surface area contributed by atoms with E-state index in [4.69, 9.17) is 0 Å². The molecule has 4 heteroatoms. The monoisotopic (exact) mass is 350 g/mol. The summed E-state index contributed by atoms with van der Waals surface area (Å²) in [5, 5.41) is 5.84. The molecule has 2 aromatic rings. The van der Waals surface area contributed by atoms with E-state index >= 15 is 0 Å². The van der Waals surface area contributed by atoms with Gasteiger partial charge in [-0.05, 0) is 59.4 Å². The third-order valence-electron chi connectivity index (χ3n) is 3.96. The number of halogens is 1. The largest absolute Gasteiger partial charge is 0.309 e. The smallest absolute Gasteiger partial charge is 0.0500 e. The van der Waals surface area contributed by atoms with Crippen molar-refractivity contribution in [1.29, 1.82) is 0 Å². The summed E-state index contributed by atoms with van der Waals surface area (Å²) in [6.07, 6.45) is 5.59. The summed E-state index contributed by atoms with van der Waals surface area (Å²) in [7, 11) is 0. The van der Waals surface area contributed by atoms with Gasteiger partial charge in [-0.25, -0.2) is 0 Å². The van der Waals surface area contributed by atoms with Crippen LogP contribution in [0.1, 0.15) is 47.9 Å². The molecule has 1 N–H and O–H groups in total. The molecule has 0 radical (unpaired) electrons. The summed E-state index contributed by atoms with van der Waals surface area (Å²) in [4.78, 5) is 6.09. The van der Waals surface area contributed by atoms with Crippen LogP contribution in [0.15, 0.2) is 34.2 Å². The van der Waals surface area contributed by atoms with Gasteiger partial charge in [-0.3, -0.25) is 4.98 Å². The van der Waals surface area contributed by atoms with Gasteiger partial charge in [-0.2, -0.15) is 0 Å². The lowest BCUT2D eigenvalue weighted by atomic mass is 9.81. The number of aryl methyl sites for hydroxylation is 1. The van der Waals surface area contributed by atoms with Crippen LogP contribution in [0.25, 0.3) is 0 Å². The molecular weight excluding hydrogens is 332 g/mol. The Labute approximate surface area is 132 Å². The molecule has 0 bridgehead atoms. The lowest BCUT2D eigenvalue weighted by molar-refractivity contribution is 0.405. The SMILES string of the molecule is CCNC(c1cc(Br)cs1)C1CCCc2cccnc21. The molecule has 0 aliphatic heterocycles. The van der Waals surface area contributed by atoms with Crippen molar-refractivity contribution in [2.45, 2.75) is 38.1 Å². The minimum Gasteiger partial charge on any atom is -0.309 e. The number of fused-ring (bicyclic) bond motifs is 1. The molecule has 106 valence electrons. The Hall–Kier alpha value is -0.710. The van der Waals surface area contributed by atoms with E-state index in [0.717, 1.165) is 6.54 Å². The first-order valence-corrected chi connectivity index (χ1v) is 8.88. The number of thiophene rings is 1. The molecule has 20 heavy (non-hydrogen) atoms. The molecule has 2 aromatic heterocycles. The van der Waals surface area contributed by atoms with Crippen LogP contribution in [-0.4, -0.2) is 11.5 Å². The van der Waals surface area contributed by atoms with Crippen LogP contribution in [0.3, 0.4) is 0 Å². The van der Waals surface area contributed by atoms with Gasteiger partial charge in [0.05, 0.1) is 0 Å². The van der Waals surface area contributed by atoms with Crippen LogP contribution in [0.2, 0.25) is 0 Å². The summed E-state index contributed by atoms with van der Waals surface area (Å²) in [5.74, 6) is 0.491. The summed E-state index contributed by atoms with van der Waals surface area (Å²) in [6.45, 7) is 3.16. The third kappa shape index (κ3) is 2.83. The zero-order valence-electron chi connectivity index (χ0n) is 11.6. The van der Waals surface area contributed by atoms with Crippen LogP contribution in [-0.2, 0) is 6.42 Å². The van der Waals surface area contributed by atoms with E-state index < -0.39 is 0 Å². The van der Waals surface area contributed by atoms with Crippen LogP contribution >= 0.6 is 27.3 Å². The van der Waals surface area contributed by atoms with Crippen molar-refractivity contribution < 1.29 is 0 Å². The molecule has 2 atom stereocenters. The Balaban J connectivity index is 1.96. The highest BCUT2D eigenvalue weighted by atomic mass is 79.9. The van der Waals surface area contributed by atoms with E-state index in [1.54, 1.807) is 0 Å². The number of nitrogens with zero attached hydrogens (tertiary/aromatic N) is 1. The fraction of sp³-hybridized carbons (Fsp3) is 0.438. The van der Waals surface area contributed by atoms with Gasteiger partial charge in [0.15, 0.2) is 0 Å². The van der Waals surface area contributed by atoms with Gasteiger partial charge in [0, 0.05) is 38.6 Å². The molecule has 0 saturated carbocycles. The lowest BCUT2D eigenvalue weighted by Crippen LogP contribution is -2.29. The molecule has 0 amide bonds. The Kier molecular flexibility index (Phi) is 4.54. The zero-order valence-corrected chi connectivity index (χ0v) is 14.0. The number of pyridine rings is 1. The minimum absolute atomic E-state index is 0.380. The van der Waals surface area contributed by atoms with Crippen LogP contribution in [0.4, 0.5) is 0 Å². The standard InChI is InChI=1S/C16H19BrN2S/c1-2-18-16(14-9-12(17)10-20-14)13-7-3-5-11-6-4-8-19-15(11)13/h4,6,8-10,13,16,18H,2-3,5,7H2,1H3. The van der Waals surface area contributed by atoms with Gasteiger partial charge in [0.25, 0.3) is 0 Å². The second-order valence-corrected chi connectivity index (χ2v) is 7.11. The van der Waals surface area contributed by atoms with Gasteiger partial charge in [0.2, 0.25) is 0 Å². The highest BCUT2D eigenvalue weighted by Crippen LogP contribution is 2.41. The maximum atomic E-state index is 4.69. The van der Waals surface area contributed by atoms with Crippen LogP contribution < -0.4 is 5.32 Å². The van der Waals surface area contributed by atoms with Gasteiger partial charge >= 0.3 is 0 Å². The van der Waals surface area contributed by atoms with Crippen LogP contribution in [0.5, 0.6) is 0 Å². The van der Waals surface area contributed by atoms with E-state index in [9.17, 15) is 0 Å². The fourth-order valence-electron chi connectivity index (χ4n) is 3.12. The molecule has 0 aromatic carbocycles. The number of nitrogens with one attached hydrogen (secondary N) is 1. The van der Waals surface area contributed by atoms with E-state index in [0.29, 0.717) is 12.0 Å². The maximum absolute atomic E-state index is 4.69. The first-order chi connectivity index (χ1) is 9.79. The molecule has 2 nitrogen and oxygen atoms in total. The Morgan fingerprint density at radius 1 is 1.55 bits per heavy atom. The van der Waals surface area contributed by atoms with Gasteiger partial charge in [-0.1, -0.05) is 13.0 Å². The fourth-order valence-corrected chi connectivity index (χ4v) is 4.71. The predicted molar refractivity (Wildman–Crippen MR) is 88.4 cm³/mol. The molecule has 3 rings (SSSR count). The molecule has 0 fully saturated rings. The third-order valence-corrected chi connectivity index (χ3v) is 5.74. The second kappa shape index (κ2) is 6.37. The summed E-state index contributed by atoms with van der Waals surface area (Å²) >= 11 is 5.40. The van der Waals surface area contributed by atoms with E-state index in [1.807, 2.05) is 17.5 Å². The predicted octanol–water partition coefficient (Wildman–Crippen LogP) is 4.68. The quantitative estimate of drug-likeness (QED) is 0.865. The molecule has 1 aliphatic carbocycles. The minimum atomic E-state index is 0.380. The second-order valence-electron chi connectivity index (χ2n) is 5.25. The highest BCUT2D eigenvalue weighted by molar-refractivity contribution is 9.10. The highest BCUT2D eigenvalue weighted by Gasteiger charge is 2.30. The van der Waals surface area contributed by atoms with E-state index in [1.165, 1.54) is 39.9 Å². The zero-order chi connectivity index (χ0) is 13.9. The van der Waals surface area contributed by atoms with Crippen molar-refractivity contribution in [2.24, 2.45) is 0 Å². The van der Waals surface area contributed by atoms with Gasteiger partial charge in [0.1, 0.15) is 0 Å². The number of aromatic nitrogens is 1. The average Bonchev–Trinajstić information content (AvgIpc) is 2.91. The van der Waals surface area contributed by atoms with Crippen LogP contribution in [0, 0.1) is 0 Å². The van der Waals surface area contributed by atoms with E-state index in [2.05, 4.69) is 56.7 Å². The normalized spacial score (nSPS) is 19.6. The summed E-state index contributed by atoms with van der Waals surface area (Å²) in [6, 6.07) is 6.92. The van der Waals surface area contributed by atoms with Crippen molar-refractivity contribution in [3.63, 3.8) is 0 Å². The lowest BCUT2D eigenvalue weighted by Gasteiger charge is -2.31. The van der Waals surface area contributed by atoms with E-state index in [-0.39, 0.29) is 0 Å². The number of hydrogen-bond acceptors (Lipinski definition) is 3. The maximum Gasteiger partial charge on any atom is 0.0500 e. The van der Waals surface area contributed by atoms with Crippen molar-refractivity contribution in [3.05, 3.63) is 50.4 Å². The molecule has 0 saturated heterocycles. The van der Waals surface area contributed by atoms with Crippen molar-refractivity contribution in [1.82, 2.24) is 10.3 Å². The number of rotatable bonds is 4. The van der Waals surface area contributed by atoms with Gasteiger partial charge in [-0.15, -0.1) is 11.3 Å². The molecular formula is C16H19BrN2S. The Bertz CT molecular complexity index is 581. The summed E-state index contributed by atoms with van der Waals surface area (Å²) in [5.41, 5.74) is 2.73. The number of hydrogen-bond donors (Lipinski definition) is 1. The molecule has 2 heterocycles. The first kappa shape index (κ1) is 14.2. The topological polar surface area (TPSA) is 24.9 Å². The van der Waals surface area contributed by atoms with Gasteiger partial charge < -0.3 is 5.32 Å². The average molecular weight is 351 g/mol. The first-order valence-electron chi connectivity index (χ1n) is 7.20. The number of likely N-dealkylation sites (N-methyl/N-ethyl adjacent to an activating group) is 1.